The molecule has 2 aliphatic carbocycles. The Morgan fingerprint density at radius 1 is 0.906 bits per heavy atom. The molecule has 0 amide bonds. The molecule has 0 bridgehead atoms. The minimum Gasteiger partial charge on any atom is -0.420 e. The number of rotatable bonds is 4. The molecule has 2 saturated carbocycles. The molecule has 1 aromatic rings. The number of fused-ring (bicyclic) bond motifs is 1. The van der Waals surface area contributed by atoms with Crippen LogP contribution >= 0.6 is 0 Å². The predicted molar refractivity (Wildman–Crippen MR) is 112 cm³/mol. The van der Waals surface area contributed by atoms with Crippen molar-refractivity contribution in [3.8, 4) is 5.75 Å². The summed E-state index contributed by atoms with van der Waals surface area (Å²) in [5, 5.41) is -0.139. The summed E-state index contributed by atoms with van der Waals surface area (Å²) in [6.45, 7) is 10.4. The zero-order valence-corrected chi connectivity index (χ0v) is 20.2. The van der Waals surface area contributed by atoms with E-state index in [1.807, 2.05) is 0 Å². The fourth-order valence-electron chi connectivity index (χ4n) is 4.67. The average Bonchev–Trinajstić information content (AvgIpc) is 2.69. The molecule has 3 nitrogen and oxygen atoms in total. The fourth-order valence-corrected chi connectivity index (χ4v) is 6.34. The average molecular weight is 479 g/mol. The normalized spacial score (nSPS) is 26.6. The number of benzene rings is 1. The van der Waals surface area contributed by atoms with Crippen molar-refractivity contribution in [1.29, 1.82) is 0 Å². The Labute approximate surface area is 186 Å². The van der Waals surface area contributed by atoms with Gasteiger partial charge in [0, 0.05) is 0 Å². The molecule has 9 heteroatoms. The number of esters is 1. The molecule has 3 rings (SSSR count). The summed E-state index contributed by atoms with van der Waals surface area (Å²) in [5.41, 5.74) is -0.843. The Hall–Kier alpha value is -1.48. The highest BCUT2D eigenvalue weighted by atomic mass is 28.4. The van der Waals surface area contributed by atoms with Crippen LogP contribution in [0.3, 0.4) is 0 Å². The third-order valence-corrected chi connectivity index (χ3v) is 12.1. The van der Waals surface area contributed by atoms with E-state index in [1.54, 1.807) is 0 Å². The lowest BCUT2D eigenvalue weighted by molar-refractivity contribution is -0.183. The molecule has 0 aliphatic heterocycles. The number of carbonyl (C=O) groups is 1. The van der Waals surface area contributed by atoms with Gasteiger partial charge in [0.1, 0.15) is 0 Å². The summed E-state index contributed by atoms with van der Waals surface area (Å²) in [6.07, 6.45) is 5.76. The van der Waals surface area contributed by atoms with Gasteiger partial charge >= 0.3 is 5.97 Å². The highest BCUT2D eigenvalue weighted by molar-refractivity contribution is 6.74. The quantitative estimate of drug-likeness (QED) is 0.116. The van der Waals surface area contributed by atoms with Crippen molar-refractivity contribution in [1.82, 2.24) is 0 Å². The van der Waals surface area contributed by atoms with E-state index in [4.69, 9.17) is 9.16 Å². The van der Waals surface area contributed by atoms with Crippen LogP contribution in [0.4, 0.5) is 22.0 Å². The summed E-state index contributed by atoms with van der Waals surface area (Å²) in [4.78, 5) is 13.0. The van der Waals surface area contributed by atoms with E-state index in [-0.39, 0.29) is 11.0 Å². The Bertz CT molecular complexity index is 870. The molecule has 0 N–H and O–H groups in total. The molecule has 0 radical (unpaired) electrons. The zero-order chi connectivity index (χ0) is 24.1. The van der Waals surface area contributed by atoms with Gasteiger partial charge in [-0.3, -0.25) is 4.79 Å². The summed E-state index contributed by atoms with van der Waals surface area (Å²) >= 11 is 0. The topological polar surface area (TPSA) is 35.5 Å². The van der Waals surface area contributed by atoms with Gasteiger partial charge in [-0.1, -0.05) is 46.5 Å². The van der Waals surface area contributed by atoms with Gasteiger partial charge in [0.25, 0.3) is 0 Å². The lowest BCUT2D eigenvalue weighted by atomic mass is 9.56. The smallest absolute Gasteiger partial charge is 0.317 e. The van der Waals surface area contributed by atoms with Crippen molar-refractivity contribution < 1.29 is 35.9 Å². The van der Waals surface area contributed by atoms with Crippen molar-refractivity contribution in [2.24, 2.45) is 11.8 Å². The van der Waals surface area contributed by atoms with Gasteiger partial charge in [-0.05, 0) is 43.3 Å². The van der Waals surface area contributed by atoms with E-state index in [9.17, 15) is 26.7 Å². The third kappa shape index (κ3) is 4.22. The molecule has 1 aromatic carbocycles. The largest absolute Gasteiger partial charge is 0.420 e. The van der Waals surface area contributed by atoms with Crippen molar-refractivity contribution in [3.05, 3.63) is 29.1 Å². The maximum Gasteiger partial charge on any atom is 0.317 e. The zero-order valence-electron chi connectivity index (χ0n) is 19.2. The Morgan fingerprint density at radius 2 is 1.44 bits per heavy atom. The summed E-state index contributed by atoms with van der Waals surface area (Å²) in [5.74, 6) is -14.2. The standard InChI is InChI=1S/C23H31F5O3Si/c1-22(2,3)32(4,5)31-23-11-9-7-6-8-10-13(23)12-14(23)21(29)30-20-18(27)16(25)15(24)17(26)19(20)28/h13-14H,6-12H2,1-5H3/t13-,14-,23+/m0/s1. The van der Waals surface area contributed by atoms with Crippen molar-refractivity contribution in [2.75, 3.05) is 0 Å². The van der Waals surface area contributed by atoms with Gasteiger partial charge in [0.05, 0.1) is 11.5 Å². The molecule has 0 heterocycles. The first-order chi connectivity index (χ1) is 14.7. The van der Waals surface area contributed by atoms with E-state index in [2.05, 4.69) is 33.9 Å². The van der Waals surface area contributed by atoms with Crippen LogP contribution in [0.15, 0.2) is 0 Å². The first kappa shape index (κ1) is 25.1. The second-order valence-electron chi connectivity index (χ2n) is 10.6. The fraction of sp³-hybridized carbons (Fsp3) is 0.696. The van der Waals surface area contributed by atoms with E-state index < -0.39 is 60.6 Å². The second-order valence-corrected chi connectivity index (χ2v) is 15.3. The van der Waals surface area contributed by atoms with Crippen LogP contribution in [0.2, 0.25) is 18.1 Å². The monoisotopic (exact) mass is 478 g/mol. The number of carbonyl (C=O) groups excluding carboxylic acids is 1. The van der Waals surface area contributed by atoms with Crippen LogP contribution in [0, 0.1) is 40.9 Å². The van der Waals surface area contributed by atoms with Crippen molar-refractivity contribution in [2.45, 2.75) is 89.5 Å². The summed E-state index contributed by atoms with van der Waals surface area (Å²) < 4.78 is 80.4. The van der Waals surface area contributed by atoms with E-state index in [0.29, 0.717) is 12.8 Å². The molecule has 2 aliphatic rings. The van der Waals surface area contributed by atoms with Crippen LogP contribution < -0.4 is 4.74 Å². The summed E-state index contributed by atoms with van der Waals surface area (Å²) in [7, 11) is -2.35. The first-order valence-electron chi connectivity index (χ1n) is 11.2. The number of hydrogen-bond acceptors (Lipinski definition) is 3. The van der Waals surface area contributed by atoms with Gasteiger partial charge in [0.2, 0.25) is 34.8 Å². The highest BCUT2D eigenvalue weighted by Gasteiger charge is 2.62. The van der Waals surface area contributed by atoms with Crippen LogP contribution in [0.1, 0.15) is 65.7 Å². The maximum absolute atomic E-state index is 14.1. The predicted octanol–water partition coefficient (Wildman–Crippen LogP) is 7.04. The van der Waals surface area contributed by atoms with E-state index in [1.165, 1.54) is 0 Å². The van der Waals surface area contributed by atoms with Crippen LogP contribution in [-0.4, -0.2) is 19.9 Å². The van der Waals surface area contributed by atoms with Crippen LogP contribution in [0.25, 0.3) is 0 Å². The van der Waals surface area contributed by atoms with Gasteiger partial charge in [0.15, 0.2) is 8.32 Å². The van der Waals surface area contributed by atoms with Gasteiger partial charge < -0.3 is 9.16 Å². The minimum absolute atomic E-state index is 0.0888. The Balaban J connectivity index is 1.95. The van der Waals surface area contributed by atoms with Crippen molar-refractivity contribution in [3.63, 3.8) is 0 Å². The lowest BCUT2D eigenvalue weighted by Gasteiger charge is -2.59. The number of ether oxygens (including phenoxy) is 1. The highest BCUT2D eigenvalue weighted by Crippen LogP contribution is 2.57. The third-order valence-electron chi connectivity index (χ3n) is 7.58. The molecular weight excluding hydrogens is 447 g/mol. The van der Waals surface area contributed by atoms with E-state index in [0.717, 1.165) is 32.1 Å². The SMILES string of the molecule is CC(C)(C)[Si](C)(C)O[C@]12CCCCCC[C@H]1C[C@H]2C(=O)Oc1c(F)c(F)c(F)c(F)c1F. The van der Waals surface area contributed by atoms with Gasteiger partial charge in [-0.15, -0.1) is 0 Å². The van der Waals surface area contributed by atoms with Gasteiger partial charge in [-0.2, -0.15) is 8.78 Å². The molecule has 0 saturated heterocycles. The molecule has 3 atom stereocenters. The summed E-state index contributed by atoms with van der Waals surface area (Å²) in [6, 6.07) is 0. The molecule has 2 fully saturated rings. The number of halogens is 5. The Morgan fingerprint density at radius 3 is 2.00 bits per heavy atom. The first-order valence-corrected chi connectivity index (χ1v) is 14.1. The Kier molecular flexibility index (Phi) is 6.84. The number of hydrogen-bond donors (Lipinski definition) is 0. The van der Waals surface area contributed by atoms with Crippen LogP contribution in [-0.2, 0) is 9.22 Å². The molecule has 180 valence electrons. The molecule has 0 aromatic heterocycles. The maximum atomic E-state index is 14.1. The van der Waals surface area contributed by atoms with E-state index >= 15 is 0 Å². The molecule has 0 spiro atoms. The van der Waals surface area contributed by atoms with Crippen molar-refractivity contribution >= 4 is 14.3 Å². The molecule has 32 heavy (non-hydrogen) atoms. The molecule has 0 unspecified atom stereocenters. The minimum atomic E-state index is -2.35. The molecular formula is C23H31F5O3Si. The lowest BCUT2D eigenvalue weighted by Crippen LogP contribution is -2.66. The van der Waals surface area contributed by atoms with Crippen LogP contribution in [0.5, 0.6) is 5.75 Å². The van der Waals surface area contributed by atoms with Gasteiger partial charge in [-0.25, -0.2) is 13.2 Å². The second kappa shape index (κ2) is 8.70.